The van der Waals surface area contributed by atoms with E-state index in [1.807, 2.05) is 64.5 Å². The maximum Gasteiger partial charge on any atom is 0.701 e. The van der Waals surface area contributed by atoms with E-state index in [4.69, 9.17) is 9.05 Å². The first-order valence-electron chi connectivity index (χ1n) is 14.6. The SMILES string of the molecule is CSc1ccc(NC(=O)N[C@@H](CC(C)C)C(=O)NCO[P+](=O)OCNC(=O)[C@H](CC(C)C)NC(=O)Nc2ccc(SC)cc2)cc1. The van der Waals surface area contributed by atoms with Gasteiger partial charge in [0.05, 0.1) is 0 Å². The Morgan fingerprint density at radius 3 is 1.30 bits per heavy atom. The molecule has 2 aromatic carbocycles. The molecule has 0 heterocycles. The molecule has 6 amide bonds. The van der Waals surface area contributed by atoms with Crippen molar-refractivity contribution in [1.29, 1.82) is 0 Å². The molecule has 0 radical (unpaired) electrons. The second-order valence-corrected chi connectivity index (χ2v) is 13.6. The maximum atomic E-state index is 12.8. The summed E-state index contributed by atoms with van der Waals surface area (Å²) >= 11 is 3.16. The molecule has 0 aliphatic heterocycles. The first kappa shape index (κ1) is 38.8. The molecular weight excluding hydrogens is 651 g/mol. The van der Waals surface area contributed by atoms with Crippen molar-refractivity contribution in [2.24, 2.45) is 11.8 Å². The highest BCUT2D eigenvalue weighted by Crippen LogP contribution is 2.22. The van der Waals surface area contributed by atoms with E-state index in [2.05, 4.69) is 31.9 Å². The van der Waals surface area contributed by atoms with Gasteiger partial charge in [0.2, 0.25) is 11.8 Å². The number of thioether (sulfide) groups is 2. The fraction of sp³-hybridized carbons (Fsp3) is 0.467. The summed E-state index contributed by atoms with van der Waals surface area (Å²) < 4.78 is 22.3. The molecule has 2 aromatic rings. The van der Waals surface area contributed by atoms with Crippen LogP contribution in [0.15, 0.2) is 58.3 Å². The van der Waals surface area contributed by atoms with Gasteiger partial charge in [-0.15, -0.1) is 23.5 Å². The molecule has 0 aliphatic rings. The van der Waals surface area contributed by atoms with E-state index in [0.29, 0.717) is 24.2 Å². The van der Waals surface area contributed by atoms with E-state index in [1.165, 1.54) is 0 Å². The highest BCUT2D eigenvalue weighted by Gasteiger charge is 2.27. The molecule has 252 valence electrons. The zero-order valence-corrected chi connectivity index (χ0v) is 29.4. The lowest BCUT2D eigenvalue weighted by molar-refractivity contribution is -0.124. The molecule has 0 aliphatic carbocycles. The number of hydrogen-bond acceptors (Lipinski definition) is 9. The molecular formula is C30H44N6O7PS2+. The summed E-state index contributed by atoms with van der Waals surface area (Å²) in [5.41, 5.74) is 1.16. The molecule has 0 unspecified atom stereocenters. The Morgan fingerprint density at radius 2 is 1.00 bits per heavy atom. The summed E-state index contributed by atoms with van der Waals surface area (Å²) in [6.07, 6.45) is 4.61. The molecule has 0 saturated carbocycles. The van der Waals surface area contributed by atoms with Gasteiger partial charge in [0.1, 0.15) is 12.1 Å². The standard InChI is InChI=1S/C30H43N6O7PS2/c1-19(2)15-25(35-29(39)33-21-7-11-23(45-5)12-8-21)27(37)31-17-42-44(41)43-18-32-28(38)26(16-20(3)4)36-30(40)34-22-9-13-24(46-6)14-10-22/h7-14,19-20,25-26H,15-18H2,1-6H3,(H5-,31,32,33,34,35,36,37,38,39,40)/p+1/t25-,26-/m0/s1. The molecule has 6 N–H and O–H groups in total. The van der Waals surface area contributed by atoms with Crippen LogP contribution in [0.25, 0.3) is 0 Å². The summed E-state index contributed by atoms with van der Waals surface area (Å²) in [6.45, 7) is 6.74. The van der Waals surface area contributed by atoms with E-state index in [1.54, 1.807) is 47.8 Å². The predicted molar refractivity (Wildman–Crippen MR) is 183 cm³/mol. The van der Waals surface area contributed by atoms with E-state index < -0.39 is 57.7 Å². The molecule has 13 nitrogen and oxygen atoms in total. The largest absolute Gasteiger partial charge is 0.701 e. The minimum atomic E-state index is -2.70. The summed E-state index contributed by atoms with van der Waals surface area (Å²) in [5, 5.41) is 15.7. The third-order valence-electron chi connectivity index (χ3n) is 6.19. The summed E-state index contributed by atoms with van der Waals surface area (Å²) in [4.78, 5) is 52.7. The zero-order chi connectivity index (χ0) is 34.1. The first-order chi connectivity index (χ1) is 21.9. The van der Waals surface area contributed by atoms with Crippen LogP contribution in [0.2, 0.25) is 0 Å². The normalized spacial score (nSPS) is 12.2. The van der Waals surface area contributed by atoms with Gasteiger partial charge in [-0.1, -0.05) is 36.7 Å². The lowest BCUT2D eigenvalue weighted by Gasteiger charge is -2.20. The molecule has 2 rings (SSSR count). The average molecular weight is 696 g/mol. The Morgan fingerprint density at radius 1 is 0.652 bits per heavy atom. The topological polar surface area (TPSA) is 176 Å². The van der Waals surface area contributed by atoms with Gasteiger partial charge in [0, 0.05) is 25.7 Å². The molecule has 0 saturated heterocycles. The quantitative estimate of drug-likeness (QED) is 0.0645. The third kappa shape index (κ3) is 15.3. The van der Waals surface area contributed by atoms with Crippen molar-refractivity contribution in [2.45, 2.75) is 62.4 Å². The van der Waals surface area contributed by atoms with Gasteiger partial charge >= 0.3 is 20.3 Å². The second-order valence-electron chi connectivity index (χ2n) is 10.9. The van der Waals surface area contributed by atoms with Crippen LogP contribution in [0.3, 0.4) is 0 Å². The molecule has 0 spiro atoms. The van der Waals surface area contributed by atoms with Crippen LogP contribution in [0.1, 0.15) is 40.5 Å². The van der Waals surface area contributed by atoms with Crippen LogP contribution in [-0.4, -0.2) is 61.9 Å². The van der Waals surface area contributed by atoms with Gasteiger partial charge in [-0.3, -0.25) is 9.59 Å². The van der Waals surface area contributed by atoms with Crippen molar-refractivity contribution in [2.75, 3.05) is 36.6 Å². The lowest BCUT2D eigenvalue weighted by Crippen LogP contribution is -2.49. The predicted octanol–water partition coefficient (Wildman–Crippen LogP) is 5.74. The van der Waals surface area contributed by atoms with Gasteiger partial charge in [0.25, 0.3) is 0 Å². The van der Waals surface area contributed by atoms with E-state index >= 15 is 0 Å². The van der Waals surface area contributed by atoms with Crippen LogP contribution in [0, 0.1) is 11.8 Å². The first-order valence-corrected chi connectivity index (χ1v) is 18.2. The number of anilines is 2. The Kier molecular flexibility index (Phi) is 17.5. The summed E-state index contributed by atoms with van der Waals surface area (Å²) in [5.74, 6) is -0.875. The number of amides is 6. The lowest BCUT2D eigenvalue weighted by atomic mass is 10.0. The molecule has 46 heavy (non-hydrogen) atoms. The third-order valence-corrected chi connectivity index (χ3v) is 8.35. The van der Waals surface area contributed by atoms with Crippen molar-refractivity contribution < 1.29 is 32.8 Å². The fourth-order valence-electron chi connectivity index (χ4n) is 4.00. The summed E-state index contributed by atoms with van der Waals surface area (Å²) in [6, 6.07) is 11.7. The fourth-order valence-corrected chi connectivity index (χ4v) is 5.23. The Bertz CT molecular complexity index is 1200. The van der Waals surface area contributed by atoms with Crippen molar-refractivity contribution in [3.05, 3.63) is 48.5 Å². The van der Waals surface area contributed by atoms with Crippen LogP contribution in [-0.2, 0) is 23.2 Å². The number of rotatable bonds is 18. The van der Waals surface area contributed by atoms with Crippen LogP contribution >= 0.6 is 31.8 Å². The van der Waals surface area contributed by atoms with Crippen LogP contribution in [0.4, 0.5) is 21.0 Å². The number of carbonyl (C=O) groups excluding carboxylic acids is 4. The second kappa shape index (κ2) is 20.7. The molecule has 16 heteroatoms. The van der Waals surface area contributed by atoms with Crippen molar-refractivity contribution >= 4 is 67.0 Å². The Hall–Kier alpha value is -3.36. The minimum absolute atomic E-state index is 0.0908. The number of urea groups is 2. The highest BCUT2D eigenvalue weighted by atomic mass is 32.2. The summed E-state index contributed by atoms with van der Waals surface area (Å²) in [7, 11) is -2.70. The number of carbonyl (C=O) groups is 4. The van der Waals surface area contributed by atoms with Gasteiger partial charge in [0.15, 0.2) is 13.5 Å². The smallest absolute Gasteiger partial charge is 0.327 e. The van der Waals surface area contributed by atoms with E-state index in [9.17, 15) is 23.7 Å². The van der Waals surface area contributed by atoms with E-state index in [0.717, 1.165) is 9.79 Å². The van der Waals surface area contributed by atoms with Gasteiger partial charge in [-0.2, -0.15) is 0 Å². The zero-order valence-electron chi connectivity index (χ0n) is 26.9. The Labute approximate surface area is 279 Å². The number of hydrogen-bond donors (Lipinski definition) is 6. The van der Waals surface area contributed by atoms with Gasteiger partial charge in [-0.05, 0) is 85.7 Å². The monoisotopic (exact) mass is 695 g/mol. The van der Waals surface area contributed by atoms with Crippen LogP contribution < -0.4 is 31.9 Å². The van der Waals surface area contributed by atoms with Crippen molar-refractivity contribution in [3.8, 4) is 0 Å². The molecule has 0 fully saturated rings. The van der Waals surface area contributed by atoms with Crippen LogP contribution in [0.5, 0.6) is 0 Å². The number of nitrogens with one attached hydrogen (secondary N) is 6. The number of benzene rings is 2. The average Bonchev–Trinajstić information content (AvgIpc) is 3.00. The van der Waals surface area contributed by atoms with Gasteiger partial charge < -0.3 is 31.9 Å². The molecule has 0 aromatic heterocycles. The van der Waals surface area contributed by atoms with Crippen molar-refractivity contribution in [3.63, 3.8) is 0 Å². The van der Waals surface area contributed by atoms with Gasteiger partial charge in [-0.25, -0.2) is 9.59 Å². The maximum absolute atomic E-state index is 12.8. The molecule has 0 bridgehead atoms. The minimum Gasteiger partial charge on any atom is -0.327 e. The van der Waals surface area contributed by atoms with E-state index in [-0.39, 0.29) is 11.8 Å². The molecule has 2 atom stereocenters. The Balaban J connectivity index is 1.77. The highest BCUT2D eigenvalue weighted by molar-refractivity contribution is 7.98. The van der Waals surface area contributed by atoms with Crippen molar-refractivity contribution in [1.82, 2.24) is 21.3 Å².